The van der Waals surface area contributed by atoms with Crippen LogP contribution in [-0.2, 0) is 32.9 Å². The van der Waals surface area contributed by atoms with Gasteiger partial charge in [0.15, 0.2) is 11.2 Å². The van der Waals surface area contributed by atoms with Gasteiger partial charge < -0.3 is 28.3 Å². The summed E-state index contributed by atoms with van der Waals surface area (Å²) in [5.74, 6) is 28.2. The van der Waals surface area contributed by atoms with Crippen molar-refractivity contribution in [2.75, 3.05) is 13.2 Å². The molecule has 0 N–H and O–H groups in total. The number of carbonyl (C=O) groups is 3. The first-order valence-electron chi connectivity index (χ1n) is 11.2. The monoisotopic (exact) mass is 640 g/mol. The Labute approximate surface area is 311 Å². The molecular weight excluding hydrogens is 589 g/mol. The summed E-state index contributed by atoms with van der Waals surface area (Å²) in [6, 6.07) is 0. The van der Waals surface area contributed by atoms with Gasteiger partial charge in [-0.15, -0.1) is 19.1 Å². The molecule has 0 aromatic heterocycles. The third kappa shape index (κ3) is 42.6. The fourth-order valence-corrected chi connectivity index (χ4v) is 2.36. The quantitative estimate of drug-likeness (QED) is 0.0486. The fourth-order valence-electron chi connectivity index (χ4n) is 2.01. The van der Waals surface area contributed by atoms with Crippen LogP contribution in [0.3, 0.4) is 0 Å². The molecule has 230 valence electrons. The Hall–Kier alpha value is -2.01. The van der Waals surface area contributed by atoms with Gasteiger partial charge in [0.2, 0.25) is 0 Å². The van der Waals surface area contributed by atoms with Crippen LogP contribution in [0.2, 0.25) is 0 Å². The summed E-state index contributed by atoms with van der Waals surface area (Å²) in [6.07, 6.45) is 8.20. The number of unbranched alkanes of at least 4 members (excludes halogenated alkanes) is 4. The molecule has 41 heavy (non-hydrogen) atoms. The van der Waals surface area contributed by atoms with E-state index >= 15 is 0 Å². The molecule has 0 amide bonds. The summed E-state index contributed by atoms with van der Waals surface area (Å²) in [7, 11) is -5.31. The molecule has 0 unspecified atom stereocenters. The Bertz CT molecular complexity index is 1340. The number of hydrogen-bond donors (Lipinski definition) is 1. The van der Waals surface area contributed by atoms with Crippen LogP contribution >= 0.6 is 20.5 Å². The van der Waals surface area contributed by atoms with Gasteiger partial charge in [-0.3, -0.25) is 9.59 Å². The van der Waals surface area contributed by atoms with Crippen molar-refractivity contribution in [3.8, 4) is 83.4 Å². The Morgan fingerprint density at radius 3 is 1.78 bits per heavy atom. The van der Waals surface area contributed by atoms with E-state index in [1.54, 1.807) is 0 Å². The van der Waals surface area contributed by atoms with Gasteiger partial charge in [0, 0.05) is 37.8 Å². The van der Waals surface area contributed by atoms with E-state index < -0.39 is 39.1 Å². The van der Waals surface area contributed by atoms with Crippen LogP contribution < -0.4 is 68.9 Å². The van der Waals surface area contributed by atoms with E-state index in [1.165, 1.54) is 6.92 Å². The number of thiol groups is 1. The second-order valence-electron chi connectivity index (χ2n) is 6.78. The zero-order valence-electron chi connectivity index (χ0n) is 23.4. The number of phosphoric acid groups is 1. The summed E-state index contributed by atoms with van der Waals surface area (Å²) in [6.45, 7) is 2.10. The largest absolute Gasteiger partial charge is 1.00 e. The first-order valence-corrected chi connectivity index (χ1v) is 13.1. The number of carbonyl (C=O) groups excluding carboxylic acids is 3. The molecule has 0 bridgehead atoms. The minimum atomic E-state index is -5.31. The molecule has 0 fully saturated rings. The summed E-state index contributed by atoms with van der Waals surface area (Å²) in [5.41, 5.74) is 0. The number of ether oxygens (including phenoxy) is 2. The standard InChI is InChI=1S/C26H23O8P.C2H4OS.2Na.13H2/c1-3-5-7-9-10-11-12-13-14-15-17-18-20-25(27)32-22-24(23-33-35(29,30)31)34-26(28)21-19-16-8-6-4-2;1-2(3)4;;;;;;;;;;;;;;;/h1,24H,4,6,8,16,19,21-23H2,2H3,(H2,29,30,31);1H3,(H,3,4);;;13*1H/q;;2*+1;;;;;;;;;;;;;/p-2/t24-;;;;;;;;;;;;;;;;/m0................/s1. The summed E-state index contributed by atoms with van der Waals surface area (Å²) >= 11 is 3.33. The molecule has 0 aliphatic rings. The summed E-state index contributed by atoms with van der Waals surface area (Å²) in [4.78, 5) is 54.3. The predicted molar refractivity (Wildman–Crippen MR) is 170 cm³/mol. The molecule has 0 aromatic carbocycles. The van der Waals surface area contributed by atoms with Gasteiger partial charge in [-0.05, 0) is 77.5 Å². The zero-order valence-corrected chi connectivity index (χ0v) is 29.2. The molecule has 0 spiro atoms. The van der Waals surface area contributed by atoms with Crippen LogP contribution in [0.4, 0.5) is 0 Å². The van der Waals surface area contributed by atoms with Crippen LogP contribution in [-0.4, -0.2) is 36.4 Å². The Kier molecular flexibility index (Phi) is 36.4. The molecule has 13 heteroatoms. The smallest absolute Gasteiger partial charge is 0.790 e. The molecule has 0 saturated heterocycles. The molecular formula is C28H51Na2O9PS. The van der Waals surface area contributed by atoms with Crippen molar-refractivity contribution in [3.63, 3.8) is 0 Å². The van der Waals surface area contributed by atoms with Gasteiger partial charge in [-0.25, -0.2) is 4.79 Å². The molecule has 0 aliphatic carbocycles. The second kappa shape index (κ2) is 32.5. The van der Waals surface area contributed by atoms with Gasteiger partial charge in [0.1, 0.15) is 6.61 Å². The van der Waals surface area contributed by atoms with Crippen LogP contribution in [0.25, 0.3) is 0 Å². The van der Waals surface area contributed by atoms with Crippen LogP contribution in [0.15, 0.2) is 0 Å². The maximum absolute atomic E-state index is 11.9. The Morgan fingerprint density at radius 1 is 0.854 bits per heavy atom. The minimum absolute atomic E-state index is 0. The summed E-state index contributed by atoms with van der Waals surface area (Å²) < 4.78 is 24.7. The van der Waals surface area contributed by atoms with Crippen molar-refractivity contribution < 1.29 is 120 Å². The van der Waals surface area contributed by atoms with Crippen molar-refractivity contribution in [3.05, 3.63) is 0 Å². The SMILES string of the molecule is C#CC#CC#CC#CC#CC#CC#CC(=O)OC[C@@H](COP(=O)([O-])[O-])OC(=O)CCCCCCC.CC(=O)S.[HH].[HH].[HH].[HH].[HH].[HH].[HH].[HH].[HH].[HH].[HH].[HH].[HH].[Na+].[Na+]. The maximum atomic E-state index is 11.9. The average molecular weight is 641 g/mol. The van der Waals surface area contributed by atoms with Crippen LogP contribution in [0.1, 0.15) is 70.9 Å². The molecule has 0 saturated carbocycles. The summed E-state index contributed by atoms with van der Waals surface area (Å²) in [5, 5.41) is -0.139. The molecule has 9 nitrogen and oxygen atoms in total. The number of terminal acetylenes is 1. The van der Waals surface area contributed by atoms with E-state index in [0.29, 0.717) is 6.42 Å². The van der Waals surface area contributed by atoms with Crippen molar-refractivity contribution in [2.24, 2.45) is 0 Å². The molecule has 0 aromatic rings. The van der Waals surface area contributed by atoms with E-state index in [2.05, 4.69) is 95.1 Å². The van der Waals surface area contributed by atoms with E-state index in [-0.39, 0.29) is 89.2 Å². The number of hydrogen-bond acceptors (Lipinski definition) is 9. The number of rotatable bonds is 12. The average Bonchev–Trinajstić information content (AvgIpc) is 2.85. The second-order valence-corrected chi connectivity index (χ2v) is 8.56. The van der Waals surface area contributed by atoms with Gasteiger partial charge in [-0.1, -0.05) is 32.6 Å². The fraction of sp³-hybridized carbons (Fsp3) is 0.393. The first kappa shape index (κ1) is 46.0. The van der Waals surface area contributed by atoms with E-state index in [9.17, 15) is 28.7 Å². The molecule has 0 rings (SSSR count). The number of esters is 2. The molecule has 0 aliphatic heterocycles. The third-order valence-corrected chi connectivity index (χ3v) is 3.93. The van der Waals surface area contributed by atoms with E-state index in [1.807, 2.05) is 5.92 Å². The topological polar surface area (TPSA) is 142 Å². The van der Waals surface area contributed by atoms with Gasteiger partial charge >= 0.3 is 71.1 Å². The normalized spacial score (nSPS) is 8.68. The van der Waals surface area contributed by atoms with Gasteiger partial charge in [0.05, 0.1) is 14.4 Å². The Morgan fingerprint density at radius 2 is 1.32 bits per heavy atom. The van der Waals surface area contributed by atoms with Crippen molar-refractivity contribution in [1.82, 2.24) is 0 Å². The van der Waals surface area contributed by atoms with E-state index in [4.69, 9.17) is 15.9 Å². The predicted octanol–water partition coefficient (Wildman–Crippen LogP) is -2.03. The van der Waals surface area contributed by atoms with Crippen LogP contribution in [0.5, 0.6) is 0 Å². The molecule has 0 heterocycles. The van der Waals surface area contributed by atoms with Crippen LogP contribution in [0, 0.1) is 83.4 Å². The van der Waals surface area contributed by atoms with Gasteiger partial charge in [0.25, 0.3) is 0 Å². The molecule has 0 radical (unpaired) electrons. The van der Waals surface area contributed by atoms with Gasteiger partial charge in [-0.2, -0.15) is 0 Å². The first-order chi connectivity index (χ1) is 18.5. The number of phosphoric ester groups is 1. The maximum Gasteiger partial charge on any atom is 1.00 e. The Balaban J connectivity index is -0.0000000456. The molecule has 1 atom stereocenters. The minimum Gasteiger partial charge on any atom is -0.790 e. The van der Waals surface area contributed by atoms with Crippen molar-refractivity contribution >= 4 is 37.5 Å². The zero-order chi connectivity index (χ0) is 29.8. The van der Waals surface area contributed by atoms with Crippen molar-refractivity contribution in [2.45, 2.75) is 58.5 Å². The van der Waals surface area contributed by atoms with Crippen molar-refractivity contribution in [1.29, 1.82) is 0 Å². The van der Waals surface area contributed by atoms with E-state index in [0.717, 1.165) is 25.7 Å². The third-order valence-electron chi connectivity index (χ3n) is 3.46.